The van der Waals surface area contributed by atoms with Crippen LogP contribution >= 0.6 is 15.9 Å². The Morgan fingerprint density at radius 2 is 2.18 bits per heavy atom. The molecule has 0 fully saturated rings. The van der Waals surface area contributed by atoms with E-state index in [9.17, 15) is 0 Å². The maximum Gasteiger partial charge on any atom is 0.198 e. The maximum absolute atomic E-state index is 6.11. The smallest absolute Gasteiger partial charge is 0.198 e. The van der Waals surface area contributed by atoms with E-state index in [1.54, 1.807) is 0 Å². The van der Waals surface area contributed by atoms with E-state index in [4.69, 9.17) is 4.74 Å². The van der Waals surface area contributed by atoms with Gasteiger partial charge in [-0.15, -0.1) is 0 Å². The molecule has 1 unspecified atom stereocenters. The lowest BCUT2D eigenvalue weighted by atomic mass is 10.0. The predicted octanol–water partition coefficient (Wildman–Crippen LogP) is 4.44. The van der Waals surface area contributed by atoms with E-state index in [0.29, 0.717) is 0 Å². The van der Waals surface area contributed by atoms with Gasteiger partial charge in [-0.3, -0.25) is 0 Å². The summed E-state index contributed by atoms with van der Waals surface area (Å²) in [6.45, 7) is 6.31. The van der Waals surface area contributed by atoms with Crippen LogP contribution in [-0.4, -0.2) is 10.3 Å². The number of benzene rings is 1. The number of ether oxygens (including phenoxy) is 1. The van der Waals surface area contributed by atoms with E-state index in [-0.39, 0.29) is 0 Å². The average Bonchev–Trinajstić information content (AvgIpc) is 2.28. The van der Waals surface area contributed by atoms with Gasteiger partial charge in [0.25, 0.3) is 0 Å². The van der Waals surface area contributed by atoms with Crippen molar-refractivity contribution >= 4 is 20.6 Å². The minimum absolute atomic E-state index is 0.423. The fourth-order valence-corrected chi connectivity index (χ4v) is 2.76. The molecule has 0 bridgehead atoms. The maximum atomic E-state index is 6.11. The molecule has 0 saturated carbocycles. The second-order valence-electron chi connectivity index (χ2n) is 4.73. The topological polar surface area (TPSA) is 21.6 Å². The minimum atomic E-state index is -0.423. The molecule has 17 heavy (non-hydrogen) atoms. The fourth-order valence-electron chi connectivity index (χ4n) is 2.07. The molecule has 0 spiro atoms. The van der Waals surface area contributed by atoms with Gasteiger partial charge in [0.15, 0.2) is 5.72 Å². The van der Waals surface area contributed by atoms with Crippen LogP contribution in [0.5, 0.6) is 5.75 Å². The van der Waals surface area contributed by atoms with Crippen molar-refractivity contribution in [3.8, 4) is 5.75 Å². The summed E-state index contributed by atoms with van der Waals surface area (Å²) in [5.74, 6) is 0.966. The van der Waals surface area contributed by atoms with Gasteiger partial charge >= 0.3 is 0 Å². The number of unbranched alkanes of at least 4 members (excludes halogenated alkanes) is 1. The first-order chi connectivity index (χ1) is 8.06. The van der Waals surface area contributed by atoms with E-state index in [1.165, 1.54) is 0 Å². The minimum Gasteiger partial charge on any atom is -0.465 e. The molecular weight excluding hydrogens is 278 g/mol. The van der Waals surface area contributed by atoms with Crippen LogP contribution in [0.15, 0.2) is 23.2 Å². The van der Waals surface area contributed by atoms with E-state index < -0.39 is 5.72 Å². The van der Waals surface area contributed by atoms with Crippen LogP contribution in [0, 0.1) is 6.92 Å². The van der Waals surface area contributed by atoms with Gasteiger partial charge in [-0.1, -0.05) is 25.5 Å². The molecule has 1 aromatic rings. The van der Waals surface area contributed by atoms with Crippen molar-refractivity contribution in [2.45, 2.75) is 45.8 Å². The zero-order valence-corrected chi connectivity index (χ0v) is 12.2. The third-order valence-corrected chi connectivity index (χ3v) is 3.69. The lowest BCUT2D eigenvalue weighted by molar-refractivity contribution is 0.0819. The predicted molar refractivity (Wildman–Crippen MR) is 75.2 cm³/mol. The Labute approximate surface area is 111 Å². The van der Waals surface area contributed by atoms with Gasteiger partial charge in [0.1, 0.15) is 10.4 Å². The summed E-state index contributed by atoms with van der Waals surface area (Å²) in [6.07, 6.45) is 3.24. The summed E-state index contributed by atoms with van der Waals surface area (Å²) in [5, 5.41) is 0. The van der Waals surface area contributed by atoms with E-state index in [1.807, 2.05) is 12.1 Å². The van der Waals surface area contributed by atoms with Crippen LogP contribution in [0.25, 0.3) is 0 Å². The average molecular weight is 296 g/mol. The first-order valence-electron chi connectivity index (χ1n) is 6.10. The van der Waals surface area contributed by atoms with Crippen molar-refractivity contribution in [3.63, 3.8) is 0 Å². The first kappa shape index (κ1) is 12.6. The number of fused-ring (bicyclic) bond motifs is 1. The van der Waals surface area contributed by atoms with E-state index in [0.717, 1.165) is 40.8 Å². The standard InChI is InChI=1S/C14H18BrNO/c1-4-5-9-14(3)16-13(15)11-8-6-7-10(2)12(11)17-14/h6-8H,4-5,9H2,1-3H3. The number of rotatable bonds is 3. The molecule has 0 amide bonds. The molecular formula is C14H18BrNO. The molecule has 1 atom stereocenters. The van der Waals surface area contributed by atoms with E-state index >= 15 is 0 Å². The Balaban J connectivity index is 2.36. The summed E-state index contributed by atoms with van der Waals surface area (Å²) < 4.78 is 7.01. The summed E-state index contributed by atoms with van der Waals surface area (Å²) in [4.78, 5) is 4.65. The highest BCUT2D eigenvalue weighted by Crippen LogP contribution is 2.36. The number of nitrogens with zero attached hydrogens (tertiary/aromatic N) is 1. The van der Waals surface area contributed by atoms with Crippen LogP contribution in [0.2, 0.25) is 0 Å². The molecule has 3 heteroatoms. The van der Waals surface area contributed by atoms with Gasteiger partial charge in [0.2, 0.25) is 0 Å². The highest BCUT2D eigenvalue weighted by Gasteiger charge is 2.31. The van der Waals surface area contributed by atoms with Crippen LogP contribution in [-0.2, 0) is 0 Å². The molecule has 0 saturated heterocycles. The van der Waals surface area contributed by atoms with Crippen molar-refractivity contribution < 1.29 is 4.74 Å². The SMILES string of the molecule is CCCCC1(C)N=C(Br)c2cccc(C)c2O1. The molecule has 1 aromatic carbocycles. The molecule has 92 valence electrons. The lowest BCUT2D eigenvalue weighted by Gasteiger charge is -2.32. The molecule has 0 N–H and O–H groups in total. The van der Waals surface area contributed by atoms with Crippen molar-refractivity contribution in [1.82, 2.24) is 0 Å². The molecule has 2 nitrogen and oxygen atoms in total. The Morgan fingerprint density at radius 3 is 2.88 bits per heavy atom. The van der Waals surface area contributed by atoms with E-state index in [2.05, 4.69) is 47.8 Å². The number of para-hydroxylation sites is 1. The quantitative estimate of drug-likeness (QED) is 0.808. The molecule has 1 aliphatic rings. The Hall–Kier alpha value is -0.830. The number of aryl methyl sites for hydroxylation is 1. The number of halogens is 1. The highest BCUT2D eigenvalue weighted by atomic mass is 79.9. The Morgan fingerprint density at radius 1 is 1.41 bits per heavy atom. The molecule has 0 radical (unpaired) electrons. The van der Waals surface area contributed by atoms with Crippen LogP contribution in [0.3, 0.4) is 0 Å². The number of aliphatic imine (C=N–C) groups is 1. The molecule has 1 heterocycles. The molecule has 0 aliphatic carbocycles. The first-order valence-corrected chi connectivity index (χ1v) is 6.89. The van der Waals surface area contributed by atoms with Crippen LogP contribution in [0.4, 0.5) is 0 Å². The molecule has 2 rings (SSSR count). The van der Waals surface area contributed by atoms with Crippen LogP contribution < -0.4 is 4.74 Å². The Kier molecular flexibility index (Phi) is 3.57. The fraction of sp³-hybridized carbons (Fsp3) is 0.500. The largest absolute Gasteiger partial charge is 0.465 e. The summed E-state index contributed by atoms with van der Waals surface area (Å²) in [5.41, 5.74) is 1.80. The monoisotopic (exact) mass is 295 g/mol. The van der Waals surface area contributed by atoms with Gasteiger partial charge in [0.05, 0.1) is 0 Å². The van der Waals surface area contributed by atoms with Gasteiger partial charge < -0.3 is 4.74 Å². The Bertz CT molecular complexity index is 456. The normalized spacial score (nSPS) is 22.7. The van der Waals surface area contributed by atoms with Gasteiger partial charge in [-0.2, -0.15) is 0 Å². The third kappa shape index (κ3) is 2.54. The molecule has 1 aliphatic heterocycles. The zero-order chi connectivity index (χ0) is 12.5. The second-order valence-corrected chi connectivity index (χ2v) is 5.49. The third-order valence-electron chi connectivity index (χ3n) is 3.08. The number of hydrogen-bond acceptors (Lipinski definition) is 2. The summed E-state index contributed by atoms with van der Waals surface area (Å²) in [6, 6.07) is 6.14. The van der Waals surface area contributed by atoms with Crippen molar-refractivity contribution in [3.05, 3.63) is 29.3 Å². The highest BCUT2D eigenvalue weighted by molar-refractivity contribution is 9.18. The second kappa shape index (κ2) is 4.81. The van der Waals surface area contributed by atoms with Gasteiger partial charge in [-0.25, -0.2) is 4.99 Å². The number of hydrogen-bond donors (Lipinski definition) is 0. The van der Waals surface area contributed by atoms with Crippen LogP contribution in [0.1, 0.15) is 44.2 Å². The van der Waals surface area contributed by atoms with Crippen molar-refractivity contribution in [2.75, 3.05) is 0 Å². The van der Waals surface area contributed by atoms with Crippen molar-refractivity contribution in [1.29, 1.82) is 0 Å². The van der Waals surface area contributed by atoms with Crippen molar-refractivity contribution in [2.24, 2.45) is 4.99 Å². The summed E-state index contributed by atoms with van der Waals surface area (Å²) >= 11 is 3.56. The lowest BCUT2D eigenvalue weighted by Crippen LogP contribution is -2.34. The van der Waals surface area contributed by atoms with Gasteiger partial charge in [0, 0.05) is 12.0 Å². The molecule has 0 aromatic heterocycles. The summed E-state index contributed by atoms with van der Waals surface area (Å²) in [7, 11) is 0. The zero-order valence-electron chi connectivity index (χ0n) is 10.6. The van der Waals surface area contributed by atoms with Gasteiger partial charge in [-0.05, 0) is 47.8 Å².